The lowest BCUT2D eigenvalue weighted by molar-refractivity contribution is 0.190. The molecule has 0 atom stereocenters. The largest absolute Gasteiger partial charge is 0.391 e. The molecular weight excluding hydrogens is 436 g/mol. The van der Waals surface area contributed by atoms with Gasteiger partial charge in [-0.05, 0) is 4.99 Å². The minimum absolute atomic E-state index is 0.0284. The summed E-state index contributed by atoms with van der Waals surface area (Å²) in [4.78, 5) is 1.74. The number of rotatable bonds is 5. The molecule has 0 heterocycles. The van der Waals surface area contributed by atoms with E-state index < -0.39 is 0 Å². The molecule has 0 aliphatic carbocycles. The van der Waals surface area contributed by atoms with Crippen LogP contribution in [-0.2, 0) is 4.74 Å². The van der Waals surface area contributed by atoms with Gasteiger partial charge in [-0.15, -0.1) is 0 Å². The number of hydrogen-bond acceptors (Lipinski definition) is 2. The zero-order chi connectivity index (χ0) is 10.3. The number of halogens is 4. The van der Waals surface area contributed by atoms with E-state index in [1.165, 1.54) is 0 Å². The molecule has 1 N–H and O–H groups in total. The van der Waals surface area contributed by atoms with Crippen LogP contribution in [0.3, 0.4) is 0 Å². The lowest BCUT2D eigenvalue weighted by atomic mass is 10.5. The first-order valence-corrected chi connectivity index (χ1v) is 6.57. The quantitative estimate of drug-likeness (QED) is 0.703. The summed E-state index contributed by atoms with van der Waals surface area (Å²) in [6.45, 7) is 0.891. The van der Waals surface area contributed by atoms with E-state index in [-0.39, 0.29) is 6.61 Å². The lowest BCUT2D eigenvalue weighted by Gasteiger charge is -2.03. The zero-order valence-corrected chi connectivity index (χ0v) is 12.9. The van der Waals surface area contributed by atoms with Crippen molar-refractivity contribution in [2.75, 3.05) is 19.8 Å². The summed E-state index contributed by atoms with van der Waals surface area (Å²) >= 11 is 12.9. The average molecular weight is 444 g/mol. The maximum absolute atomic E-state index is 8.74. The van der Waals surface area contributed by atoms with Gasteiger partial charge in [0.05, 0.1) is 19.8 Å². The van der Waals surface area contributed by atoms with Gasteiger partial charge in [0.1, 0.15) is 0 Å². The van der Waals surface area contributed by atoms with Gasteiger partial charge in [0.15, 0.2) is 0 Å². The molecule has 0 aliphatic rings. The van der Waals surface area contributed by atoms with E-state index in [0.29, 0.717) is 17.7 Å². The number of hydrogen-bond donors (Lipinski definition) is 1. The van der Waals surface area contributed by atoms with E-state index in [2.05, 4.69) is 63.7 Å². The van der Waals surface area contributed by atoms with Gasteiger partial charge in [0.25, 0.3) is 0 Å². The lowest BCUT2D eigenvalue weighted by Crippen LogP contribution is -1.98. The maximum Gasteiger partial charge on any atom is 0.0795 e. The van der Waals surface area contributed by atoms with Crippen LogP contribution in [0.25, 0.3) is 0 Å². The van der Waals surface area contributed by atoms with Crippen LogP contribution in [0.2, 0.25) is 0 Å². The Bertz CT molecular complexity index is 213. The van der Waals surface area contributed by atoms with Gasteiger partial charge in [0, 0.05) is 13.4 Å². The molecule has 0 rings (SSSR count). The van der Waals surface area contributed by atoms with Gasteiger partial charge in [-0.1, -0.05) is 63.7 Å². The first-order chi connectivity index (χ1) is 6.11. The van der Waals surface area contributed by atoms with E-state index in [1.54, 1.807) is 4.99 Å². The van der Waals surface area contributed by atoms with Crippen molar-refractivity contribution in [1.29, 1.82) is 0 Å². The standard InChI is InChI=1S/C7H8Br4O2/c8-1-5(9)3-13-4-7(11)6(10)2-12/h1,12H,2-4H2. The summed E-state index contributed by atoms with van der Waals surface area (Å²) in [6.07, 6.45) is 0. The highest BCUT2D eigenvalue weighted by Gasteiger charge is 2.00. The van der Waals surface area contributed by atoms with Crippen molar-refractivity contribution in [1.82, 2.24) is 0 Å². The van der Waals surface area contributed by atoms with Crippen molar-refractivity contribution in [2.24, 2.45) is 0 Å². The number of aliphatic hydroxyl groups excluding tert-OH is 1. The molecule has 0 aromatic heterocycles. The molecule has 0 unspecified atom stereocenters. The van der Waals surface area contributed by atoms with Crippen LogP contribution in [0.5, 0.6) is 0 Å². The minimum atomic E-state index is -0.0284. The van der Waals surface area contributed by atoms with Crippen molar-refractivity contribution in [3.05, 3.63) is 18.4 Å². The van der Waals surface area contributed by atoms with Crippen LogP contribution in [-0.4, -0.2) is 24.9 Å². The Balaban J connectivity index is 3.78. The van der Waals surface area contributed by atoms with Gasteiger partial charge in [-0.2, -0.15) is 0 Å². The smallest absolute Gasteiger partial charge is 0.0795 e. The molecule has 6 heteroatoms. The van der Waals surface area contributed by atoms with Gasteiger partial charge >= 0.3 is 0 Å². The van der Waals surface area contributed by atoms with Crippen molar-refractivity contribution < 1.29 is 9.84 Å². The molecule has 0 aromatic rings. The monoisotopic (exact) mass is 440 g/mol. The second-order valence-corrected chi connectivity index (χ2v) is 5.41. The molecule has 0 saturated heterocycles. The van der Waals surface area contributed by atoms with Gasteiger partial charge in [-0.3, -0.25) is 0 Å². The van der Waals surface area contributed by atoms with Crippen LogP contribution >= 0.6 is 63.7 Å². The third-order valence-corrected chi connectivity index (χ3v) is 4.61. The highest BCUT2D eigenvalue weighted by molar-refractivity contribution is 9.14. The third kappa shape index (κ3) is 7.27. The molecule has 0 spiro atoms. The van der Waals surface area contributed by atoms with E-state index in [0.717, 1.165) is 8.96 Å². The second kappa shape index (κ2) is 8.61. The molecule has 0 bridgehead atoms. The van der Waals surface area contributed by atoms with Gasteiger partial charge in [0.2, 0.25) is 0 Å². The van der Waals surface area contributed by atoms with Gasteiger partial charge < -0.3 is 9.84 Å². The summed E-state index contributed by atoms with van der Waals surface area (Å²) < 4.78 is 7.71. The summed E-state index contributed by atoms with van der Waals surface area (Å²) in [6, 6.07) is 0. The van der Waals surface area contributed by atoms with Crippen molar-refractivity contribution >= 4 is 63.7 Å². The molecule has 0 radical (unpaired) electrons. The molecular formula is C7H8Br4O2. The average Bonchev–Trinajstić information content (AvgIpc) is 2.15. The topological polar surface area (TPSA) is 29.5 Å². The Morgan fingerprint density at radius 2 is 1.77 bits per heavy atom. The SMILES string of the molecule is OCC(Br)=C(Br)COCC(Br)=CBr. The summed E-state index contributed by atoms with van der Waals surface area (Å²) in [5, 5.41) is 8.74. The first-order valence-electron chi connectivity index (χ1n) is 3.28. The molecule has 2 nitrogen and oxygen atoms in total. The number of ether oxygens (including phenoxy) is 1. The van der Waals surface area contributed by atoms with Crippen LogP contribution in [0.15, 0.2) is 18.4 Å². The second-order valence-electron chi connectivity index (χ2n) is 2.02. The first kappa shape index (κ1) is 14.3. The van der Waals surface area contributed by atoms with Crippen LogP contribution in [0.4, 0.5) is 0 Å². The van der Waals surface area contributed by atoms with Crippen LogP contribution in [0.1, 0.15) is 0 Å². The van der Waals surface area contributed by atoms with E-state index in [4.69, 9.17) is 9.84 Å². The predicted molar refractivity (Wildman–Crippen MR) is 68.7 cm³/mol. The van der Waals surface area contributed by atoms with E-state index >= 15 is 0 Å². The zero-order valence-electron chi connectivity index (χ0n) is 6.57. The fourth-order valence-electron chi connectivity index (χ4n) is 0.434. The van der Waals surface area contributed by atoms with E-state index in [1.807, 2.05) is 0 Å². The summed E-state index contributed by atoms with van der Waals surface area (Å²) in [5.74, 6) is 0. The Hall–Kier alpha value is 1.32. The minimum Gasteiger partial charge on any atom is -0.391 e. The molecule has 0 saturated carbocycles. The van der Waals surface area contributed by atoms with Crippen molar-refractivity contribution in [3.8, 4) is 0 Å². The Morgan fingerprint density at radius 1 is 1.15 bits per heavy atom. The molecule has 0 aromatic carbocycles. The molecule has 0 aliphatic heterocycles. The van der Waals surface area contributed by atoms with Gasteiger partial charge in [-0.25, -0.2) is 0 Å². The third-order valence-electron chi connectivity index (χ3n) is 1.02. The highest BCUT2D eigenvalue weighted by atomic mass is 79.9. The molecule has 76 valence electrons. The highest BCUT2D eigenvalue weighted by Crippen LogP contribution is 2.18. The molecule has 0 amide bonds. The molecule has 0 fully saturated rings. The summed E-state index contributed by atoms with van der Waals surface area (Å²) in [7, 11) is 0. The Morgan fingerprint density at radius 3 is 2.23 bits per heavy atom. The van der Waals surface area contributed by atoms with Crippen molar-refractivity contribution in [2.45, 2.75) is 0 Å². The van der Waals surface area contributed by atoms with Crippen LogP contribution in [0, 0.1) is 0 Å². The fourth-order valence-corrected chi connectivity index (χ4v) is 1.13. The molecule has 13 heavy (non-hydrogen) atoms. The van der Waals surface area contributed by atoms with Crippen molar-refractivity contribution in [3.63, 3.8) is 0 Å². The Kier molecular flexibility index (Phi) is 9.49. The Labute approximate surface area is 111 Å². The summed E-state index contributed by atoms with van der Waals surface area (Å²) in [5.41, 5.74) is 0. The maximum atomic E-state index is 8.74. The van der Waals surface area contributed by atoms with Crippen LogP contribution < -0.4 is 0 Å². The number of aliphatic hydroxyl groups is 1. The van der Waals surface area contributed by atoms with E-state index in [9.17, 15) is 0 Å². The fraction of sp³-hybridized carbons (Fsp3) is 0.429. The predicted octanol–water partition coefficient (Wildman–Crippen LogP) is 3.63. The normalized spacial score (nSPS) is 14.4.